The zero-order valence-corrected chi connectivity index (χ0v) is 18.9. The monoisotopic (exact) mass is 470 g/mol. The Morgan fingerprint density at radius 1 is 0.829 bits per heavy atom. The van der Waals surface area contributed by atoms with Crippen LogP contribution < -0.4 is 16.1 Å². The molecule has 0 saturated carbocycles. The van der Waals surface area contributed by atoms with Crippen LogP contribution in [0.5, 0.6) is 5.75 Å². The number of nitrogens with one attached hydrogen (secondary N) is 3. The van der Waals surface area contributed by atoms with Crippen molar-refractivity contribution in [1.82, 2.24) is 15.0 Å². The van der Waals surface area contributed by atoms with Crippen LogP contribution in [0.3, 0.4) is 0 Å². The van der Waals surface area contributed by atoms with Crippen LogP contribution in [0.1, 0.15) is 16.7 Å². The van der Waals surface area contributed by atoms with E-state index in [1.54, 1.807) is 42.6 Å². The number of anilines is 5. The quantitative estimate of drug-likeness (QED) is 0.158. The average molecular weight is 470 g/mol. The van der Waals surface area contributed by atoms with Crippen LogP contribution in [0.2, 0.25) is 0 Å². The molecule has 0 bridgehead atoms. The van der Waals surface area contributed by atoms with E-state index in [4.69, 9.17) is 0 Å². The molecule has 1 heterocycles. The predicted molar refractivity (Wildman–Crippen MR) is 135 cm³/mol. The molecule has 0 unspecified atom stereocenters. The molecule has 0 aliphatic rings. The molecule has 1 aromatic heterocycles. The van der Waals surface area contributed by atoms with Gasteiger partial charge in [-0.1, -0.05) is 6.07 Å². The SMILES string of the molecule is Cc1ccc(Nc2nc(N/N=C\c3ccc(O)cc3)nc(Nc3ccc([N+](=O)[O-])cc3)n2)cc1C. The van der Waals surface area contributed by atoms with E-state index in [0.717, 1.165) is 22.4 Å². The maximum atomic E-state index is 10.9. The topological polar surface area (TPSA) is 150 Å². The number of hydrogen-bond donors (Lipinski definition) is 4. The van der Waals surface area contributed by atoms with Gasteiger partial charge in [-0.2, -0.15) is 20.1 Å². The van der Waals surface area contributed by atoms with Gasteiger partial charge in [0.15, 0.2) is 0 Å². The molecule has 3 aromatic carbocycles. The molecule has 0 saturated heterocycles. The van der Waals surface area contributed by atoms with Crippen LogP contribution in [0.4, 0.5) is 34.9 Å². The maximum Gasteiger partial charge on any atom is 0.269 e. The zero-order chi connectivity index (χ0) is 24.8. The van der Waals surface area contributed by atoms with Crippen molar-refractivity contribution in [3.63, 3.8) is 0 Å². The molecular formula is C24H22N8O3. The van der Waals surface area contributed by atoms with Crippen molar-refractivity contribution < 1.29 is 10.0 Å². The van der Waals surface area contributed by atoms with Gasteiger partial charge in [-0.25, -0.2) is 5.43 Å². The van der Waals surface area contributed by atoms with Crippen LogP contribution in [0.15, 0.2) is 71.8 Å². The maximum absolute atomic E-state index is 10.9. The fourth-order valence-electron chi connectivity index (χ4n) is 3.01. The van der Waals surface area contributed by atoms with Crippen LogP contribution in [0.25, 0.3) is 0 Å². The number of aromatic hydroxyl groups is 1. The van der Waals surface area contributed by atoms with Crippen LogP contribution in [-0.4, -0.2) is 31.2 Å². The summed E-state index contributed by atoms with van der Waals surface area (Å²) in [6.45, 7) is 4.04. The molecule has 0 aliphatic heterocycles. The molecule has 11 nitrogen and oxygen atoms in total. The highest BCUT2D eigenvalue weighted by molar-refractivity contribution is 5.80. The summed E-state index contributed by atoms with van der Waals surface area (Å²) in [5, 5.41) is 30.7. The second-order valence-electron chi connectivity index (χ2n) is 7.62. The largest absolute Gasteiger partial charge is 0.508 e. The van der Waals surface area contributed by atoms with E-state index < -0.39 is 4.92 Å². The van der Waals surface area contributed by atoms with Crippen LogP contribution >= 0.6 is 0 Å². The zero-order valence-electron chi connectivity index (χ0n) is 18.9. The Morgan fingerprint density at radius 2 is 1.43 bits per heavy atom. The third-order valence-electron chi connectivity index (χ3n) is 5.00. The number of nitrogens with zero attached hydrogens (tertiary/aromatic N) is 5. The lowest BCUT2D eigenvalue weighted by Crippen LogP contribution is -2.07. The number of hydrogen-bond acceptors (Lipinski definition) is 10. The minimum absolute atomic E-state index is 0.0192. The number of aryl methyl sites for hydroxylation is 2. The van der Waals surface area contributed by atoms with Gasteiger partial charge >= 0.3 is 0 Å². The number of phenolic OH excluding ortho intramolecular Hbond substituents is 1. The number of hydrazone groups is 1. The minimum atomic E-state index is -0.466. The molecule has 0 aliphatic carbocycles. The van der Waals surface area contributed by atoms with E-state index in [9.17, 15) is 15.2 Å². The number of phenols is 1. The highest BCUT2D eigenvalue weighted by atomic mass is 16.6. The molecule has 4 N–H and O–H groups in total. The molecule has 35 heavy (non-hydrogen) atoms. The van der Waals surface area contributed by atoms with E-state index >= 15 is 0 Å². The second-order valence-corrected chi connectivity index (χ2v) is 7.62. The first-order valence-electron chi connectivity index (χ1n) is 10.6. The summed E-state index contributed by atoms with van der Waals surface area (Å²) >= 11 is 0. The summed E-state index contributed by atoms with van der Waals surface area (Å²) in [4.78, 5) is 23.6. The fourth-order valence-corrected chi connectivity index (χ4v) is 3.01. The molecule has 4 rings (SSSR count). The lowest BCUT2D eigenvalue weighted by molar-refractivity contribution is -0.384. The molecule has 0 radical (unpaired) electrons. The molecule has 4 aromatic rings. The summed E-state index contributed by atoms with van der Waals surface area (Å²) in [7, 11) is 0. The summed E-state index contributed by atoms with van der Waals surface area (Å²) in [6, 6.07) is 18.3. The average Bonchev–Trinajstić information content (AvgIpc) is 2.83. The van der Waals surface area contributed by atoms with Gasteiger partial charge in [0.1, 0.15) is 5.75 Å². The Hall–Kier alpha value is -5.06. The first kappa shape index (κ1) is 23.1. The van der Waals surface area contributed by atoms with Crippen molar-refractivity contribution in [2.24, 2.45) is 5.10 Å². The van der Waals surface area contributed by atoms with Crippen molar-refractivity contribution in [1.29, 1.82) is 0 Å². The van der Waals surface area contributed by atoms with Gasteiger partial charge in [0.25, 0.3) is 5.69 Å². The Labute approximate surface area is 200 Å². The number of aromatic nitrogens is 3. The molecule has 0 atom stereocenters. The van der Waals surface area contributed by atoms with Crippen molar-refractivity contribution in [2.45, 2.75) is 13.8 Å². The number of nitro groups is 1. The third kappa shape index (κ3) is 6.26. The molecular weight excluding hydrogens is 448 g/mol. The van der Waals surface area contributed by atoms with Gasteiger partial charge < -0.3 is 15.7 Å². The van der Waals surface area contributed by atoms with E-state index in [1.807, 2.05) is 32.0 Å². The standard InChI is InChI=1S/C24H22N8O3/c1-15-3-6-19(13-16(15)2)27-23-28-22(26-18-7-9-20(10-8-18)32(34)35)29-24(30-23)31-25-14-17-4-11-21(33)12-5-17/h3-14,33H,1-2H3,(H3,26,27,28,29,30,31)/b25-14-. The number of rotatable bonds is 8. The highest BCUT2D eigenvalue weighted by Crippen LogP contribution is 2.22. The smallest absolute Gasteiger partial charge is 0.269 e. The minimum Gasteiger partial charge on any atom is -0.508 e. The van der Waals surface area contributed by atoms with Crippen molar-refractivity contribution in [3.8, 4) is 5.75 Å². The van der Waals surface area contributed by atoms with Gasteiger partial charge in [-0.05, 0) is 79.1 Å². The summed E-state index contributed by atoms with van der Waals surface area (Å²) < 4.78 is 0. The third-order valence-corrected chi connectivity index (χ3v) is 5.00. The summed E-state index contributed by atoms with van der Waals surface area (Å²) in [5.41, 5.74) is 7.18. The first-order valence-corrected chi connectivity index (χ1v) is 10.6. The van der Waals surface area contributed by atoms with Crippen molar-refractivity contribution >= 4 is 41.1 Å². The van der Waals surface area contributed by atoms with Gasteiger partial charge in [0, 0.05) is 23.5 Å². The van der Waals surface area contributed by atoms with E-state index in [1.165, 1.54) is 12.1 Å². The Balaban J connectivity index is 1.59. The van der Waals surface area contributed by atoms with E-state index in [0.29, 0.717) is 5.69 Å². The van der Waals surface area contributed by atoms with E-state index in [-0.39, 0.29) is 29.3 Å². The predicted octanol–water partition coefficient (Wildman–Crippen LogP) is 5.04. The number of nitro benzene ring substituents is 1. The number of benzene rings is 3. The molecule has 11 heteroatoms. The van der Waals surface area contributed by atoms with Gasteiger partial charge in [-0.3, -0.25) is 10.1 Å². The lowest BCUT2D eigenvalue weighted by atomic mass is 10.1. The van der Waals surface area contributed by atoms with E-state index in [2.05, 4.69) is 36.1 Å². The Kier molecular flexibility index (Phi) is 6.77. The lowest BCUT2D eigenvalue weighted by Gasteiger charge is -2.11. The first-order chi connectivity index (χ1) is 16.9. The number of non-ortho nitro benzene ring substituents is 1. The second kappa shape index (κ2) is 10.3. The molecule has 176 valence electrons. The van der Waals surface area contributed by atoms with Gasteiger partial charge in [0.05, 0.1) is 11.1 Å². The van der Waals surface area contributed by atoms with Crippen LogP contribution in [0, 0.1) is 24.0 Å². The molecule has 0 spiro atoms. The normalized spacial score (nSPS) is 10.8. The van der Waals surface area contributed by atoms with Gasteiger partial charge in [-0.15, -0.1) is 0 Å². The highest BCUT2D eigenvalue weighted by Gasteiger charge is 2.10. The van der Waals surface area contributed by atoms with Gasteiger partial charge in [0.2, 0.25) is 17.8 Å². The molecule has 0 amide bonds. The van der Waals surface area contributed by atoms with Crippen molar-refractivity contribution in [3.05, 3.63) is 93.5 Å². The Bertz CT molecular complexity index is 1370. The molecule has 0 fully saturated rings. The summed E-state index contributed by atoms with van der Waals surface area (Å²) in [6.07, 6.45) is 1.56. The fraction of sp³-hybridized carbons (Fsp3) is 0.0833. The summed E-state index contributed by atoms with van der Waals surface area (Å²) in [5.74, 6) is 0.819. The van der Waals surface area contributed by atoms with Crippen LogP contribution in [-0.2, 0) is 0 Å². The van der Waals surface area contributed by atoms with Crippen molar-refractivity contribution in [2.75, 3.05) is 16.1 Å². The Morgan fingerprint density at radius 3 is 2.06 bits per heavy atom.